The topological polar surface area (TPSA) is 71.9 Å². The van der Waals surface area contributed by atoms with Crippen LogP contribution < -0.4 is 10.5 Å². The summed E-state index contributed by atoms with van der Waals surface area (Å²) in [6.07, 6.45) is 1.19. The van der Waals surface area contributed by atoms with E-state index in [-0.39, 0.29) is 17.1 Å². The van der Waals surface area contributed by atoms with E-state index in [0.717, 1.165) is 6.07 Å². The van der Waals surface area contributed by atoms with Crippen LogP contribution in [-0.2, 0) is 0 Å². The summed E-state index contributed by atoms with van der Waals surface area (Å²) in [7, 11) is 0. The number of nitrogen functional groups attached to an aromatic ring is 1. The molecule has 0 unspecified atom stereocenters. The molecular formula is C7H5F2N3O. The van der Waals surface area contributed by atoms with E-state index >= 15 is 0 Å². The Morgan fingerprint density at radius 1 is 1.62 bits per heavy atom. The molecule has 68 valence electrons. The Morgan fingerprint density at radius 3 is 2.85 bits per heavy atom. The van der Waals surface area contributed by atoms with Crippen LogP contribution in [0, 0.1) is 11.3 Å². The van der Waals surface area contributed by atoms with Gasteiger partial charge in [-0.1, -0.05) is 0 Å². The average molecular weight is 185 g/mol. The molecule has 0 saturated carbocycles. The Hall–Kier alpha value is -1.90. The second kappa shape index (κ2) is 3.67. The van der Waals surface area contributed by atoms with Crippen LogP contribution in [0.25, 0.3) is 0 Å². The second-order valence-electron chi connectivity index (χ2n) is 2.06. The van der Waals surface area contributed by atoms with Crippen molar-refractivity contribution in [2.75, 3.05) is 5.73 Å². The molecule has 0 saturated heterocycles. The fourth-order valence-corrected chi connectivity index (χ4v) is 0.766. The summed E-state index contributed by atoms with van der Waals surface area (Å²) in [4.78, 5) is 3.55. The summed E-state index contributed by atoms with van der Waals surface area (Å²) < 4.78 is 27.6. The van der Waals surface area contributed by atoms with Gasteiger partial charge in [0.2, 0.25) is 0 Å². The summed E-state index contributed by atoms with van der Waals surface area (Å²) in [5, 5.41) is 8.52. The van der Waals surface area contributed by atoms with Gasteiger partial charge in [-0.15, -0.1) is 0 Å². The molecule has 0 amide bonds. The molecule has 0 spiro atoms. The lowest BCUT2D eigenvalue weighted by Gasteiger charge is -2.06. The predicted molar refractivity (Wildman–Crippen MR) is 40.0 cm³/mol. The number of nitrogens with zero attached hydrogens (tertiary/aromatic N) is 2. The molecule has 0 fully saturated rings. The lowest BCUT2D eigenvalue weighted by atomic mass is 10.2. The van der Waals surface area contributed by atoms with E-state index in [0.29, 0.717) is 0 Å². The van der Waals surface area contributed by atoms with Gasteiger partial charge in [-0.05, 0) is 0 Å². The average Bonchev–Trinajstić information content (AvgIpc) is 2.03. The Morgan fingerprint density at radius 2 is 2.31 bits per heavy atom. The number of anilines is 1. The van der Waals surface area contributed by atoms with Gasteiger partial charge >= 0.3 is 6.61 Å². The summed E-state index contributed by atoms with van der Waals surface area (Å²) >= 11 is 0. The van der Waals surface area contributed by atoms with Crippen LogP contribution in [0.3, 0.4) is 0 Å². The number of nitrogens with two attached hydrogens (primary N) is 1. The van der Waals surface area contributed by atoms with Crippen molar-refractivity contribution in [2.24, 2.45) is 0 Å². The summed E-state index contributed by atoms with van der Waals surface area (Å²) in [6.45, 7) is -2.98. The molecule has 0 aliphatic rings. The molecule has 13 heavy (non-hydrogen) atoms. The summed E-state index contributed by atoms with van der Waals surface area (Å²) in [5.41, 5.74) is 5.07. The number of pyridine rings is 1. The van der Waals surface area contributed by atoms with E-state index in [4.69, 9.17) is 11.0 Å². The van der Waals surface area contributed by atoms with E-state index in [1.807, 2.05) is 0 Å². The third-order valence-corrected chi connectivity index (χ3v) is 1.27. The molecule has 0 atom stereocenters. The minimum atomic E-state index is -2.98. The fourth-order valence-electron chi connectivity index (χ4n) is 0.766. The van der Waals surface area contributed by atoms with Crippen LogP contribution in [-0.4, -0.2) is 11.6 Å². The maximum Gasteiger partial charge on any atom is 0.387 e. The predicted octanol–water partition coefficient (Wildman–Crippen LogP) is 1.14. The number of aromatic nitrogens is 1. The number of hydrogen-bond acceptors (Lipinski definition) is 4. The molecule has 2 N–H and O–H groups in total. The molecule has 0 aliphatic heterocycles. The maximum atomic E-state index is 11.8. The van der Waals surface area contributed by atoms with E-state index < -0.39 is 6.61 Å². The van der Waals surface area contributed by atoms with Gasteiger partial charge in [0.1, 0.15) is 23.2 Å². The van der Waals surface area contributed by atoms with Gasteiger partial charge in [0.05, 0.1) is 0 Å². The number of alkyl halides is 2. The zero-order valence-corrected chi connectivity index (χ0v) is 6.37. The first-order chi connectivity index (χ1) is 6.15. The zero-order chi connectivity index (χ0) is 9.84. The molecule has 4 nitrogen and oxygen atoms in total. The Labute approximate surface area is 72.6 Å². The monoisotopic (exact) mass is 185 g/mol. The first-order valence-electron chi connectivity index (χ1n) is 3.24. The van der Waals surface area contributed by atoms with Crippen molar-refractivity contribution in [1.29, 1.82) is 5.26 Å². The first-order valence-corrected chi connectivity index (χ1v) is 3.24. The Kier molecular flexibility index (Phi) is 2.59. The molecular weight excluding hydrogens is 180 g/mol. The van der Waals surface area contributed by atoms with Crippen LogP contribution in [0.1, 0.15) is 5.56 Å². The summed E-state index contributed by atoms with van der Waals surface area (Å²) in [5.74, 6) is -0.384. The van der Waals surface area contributed by atoms with Crippen LogP contribution in [0.2, 0.25) is 0 Å². The van der Waals surface area contributed by atoms with Crippen molar-refractivity contribution in [3.8, 4) is 11.8 Å². The smallest absolute Gasteiger partial charge is 0.387 e. The van der Waals surface area contributed by atoms with Crippen LogP contribution >= 0.6 is 0 Å². The molecule has 0 aliphatic carbocycles. The minimum Gasteiger partial charge on any atom is -0.433 e. The highest BCUT2D eigenvalue weighted by Crippen LogP contribution is 2.22. The van der Waals surface area contributed by atoms with Crippen LogP contribution in [0.15, 0.2) is 12.3 Å². The van der Waals surface area contributed by atoms with E-state index in [9.17, 15) is 8.78 Å². The molecule has 0 aromatic carbocycles. The van der Waals surface area contributed by atoms with Gasteiger partial charge in [-0.25, -0.2) is 4.98 Å². The highest BCUT2D eigenvalue weighted by atomic mass is 19.3. The minimum absolute atomic E-state index is 0.124. The van der Waals surface area contributed by atoms with E-state index in [1.54, 1.807) is 6.07 Å². The third-order valence-electron chi connectivity index (χ3n) is 1.27. The third kappa shape index (κ3) is 2.02. The number of nitriles is 1. The number of rotatable bonds is 2. The molecule has 1 rings (SSSR count). The summed E-state index contributed by atoms with van der Waals surface area (Å²) in [6, 6.07) is 2.78. The standard InChI is InChI=1S/C7H5F2N3O/c8-7(9)13-5-1-2-12-6(11)4(5)3-10/h1-2,7H,(H2,11,12). The molecule has 1 aromatic rings. The van der Waals surface area contributed by atoms with Crippen molar-refractivity contribution in [3.63, 3.8) is 0 Å². The van der Waals surface area contributed by atoms with Gasteiger partial charge in [0.25, 0.3) is 0 Å². The number of ether oxygens (including phenoxy) is 1. The molecule has 0 bridgehead atoms. The fraction of sp³-hybridized carbons (Fsp3) is 0.143. The molecule has 6 heteroatoms. The normalized spacial score (nSPS) is 9.69. The lowest BCUT2D eigenvalue weighted by molar-refractivity contribution is -0.0500. The van der Waals surface area contributed by atoms with Gasteiger partial charge in [0, 0.05) is 12.3 Å². The SMILES string of the molecule is N#Cc1c(OC(F)F)ccnc1N. The van der Waals surface area contributed by atoms with Gasteiger partial charge < -0.3 is 10.5 Å². The number of halogens is 2. The Bertz CT molecular complexity index is 348. The molecule has 1 heterocycles. The quantitative estimate of drug-likeness (QED) is 0.749. The highest BCUT2D eigenvalue weighted by molar-refractivity contribution is 5.56. The van der Waals surface area contributed by atoms with Gasteiger partial charge in [0.15, 0.2) is 0 Å². The van der Waals surface area contributed by atoms with E-state index in [2.05, 4.69) is 9.72 Å². The Balaban J connectivity index is 3.07. The highest BCUT2D eigenvalue weighted by Gasteiger charge is 2.11. The van der Waals surface area contributed by atoms with Crippen molar-refractivity contribution < 1.29 is 13.5 Å². The lowest BCUT2D eigenvalue weighted by Crippen LogP contribution is -2.05. The van der Waals surface area contributed by atoms with Crippen molar-refractivity contribution in [3.05, 3.63) is 17.8 Å². The van der Waals surface area contributed by atoms with Crippen LogP contribution in [0.5, 0.6) is 5.75 Å². The largest absolute Gasteiger partial charge is 0.433 e. The van der Waals surface area contributed by atoms with Crippen molar-refractivity contribution >= 4 is 5.82 Å². The van der Waals surface area contributed by atoms with Crippen molar-refractivity contribution in [1.82, 2.24) is 4.98 Å². The van der Waals surface area contributed by atoms with Crippen LogP contribution in [0.4, 0.5) is 14.6 Å². The zero-order valence-electron chi connectivity index (χ0n) is 6.37. The van der Waals surface area contributed by atoms with E-state index in [1.165, 1.54) is 6.20 Å². The first kappa shape index (κ1) is 9.19. The number of hydrogen-bond donors (Lipinski definition) is 1. The van der Waals surface area contributed by atoms with Gasteiger partial charge in [-0.3, -0.25) is 0 Å². The maximum absolute atomic E-state index is 11.8. The van der Waals surface area contributed by atoms with Gasteiger partial charge in [-0.2, -0.15) is 14.0 Å². The van der Waals surface area contributed by atoms with Crippen molar-refractivity contribution in [2.45, 2.75) is 6.61 Å². The second-order valence-corrected chi connectivity index (χ2v) is 2.06. The molecule has 0 radical (unpaired) electrons. The molecule has 1 aromatic heterocycles.